The molecule has 0 aliphatic heterocycles. The second-order valence-corrected chi connectivity index (χ2v) is 10.7. The Bertz CT molecular complexity index is 1230. The molecule has 4 rings (SSSR count). The lowest BCUT2D eigenvalue weighted by atomic mass is 9.82. The maximum atomic E-state index is 13.9. The fourth-order valence-electron chi connectivity index (χ4n) is 4.42. The number of nitrogens with zero attached hydrogens (tertiary/aromatic N) is 3. The molecule has 9 heteroatoms. The fourth-order valence-corrected chi connectivity index (χ4v) is 5.62. The smallest absolute Gasteiger partial charge is 0.243 e. The highest BCUT2D eigenvalue weighted by atomic mass is 32.2. The van der Waals surface area contributed by atoms with Gasteiger partial charge in [-0.15, -0.1) is 0 Å². The molecule has 3 aromatic rings. The number of rotatable bonds is 9. The maximum absolute atomic E-state index is 13.9. The molecular weight excluding hydrogens is 453 g/mol. The lowest BCUT2D eigenvalue weighted by Gasteiger charge is -2.29. The van der Waals surface area contributed by atoms with Crippen molar-refractivity contribution in [2.45, 2.75) is 37.5 Å². The van der Waals surface area contributed by atoms with Crippen LogP contribution < -0.4 is 14.9 Å². The third-order valence-electron chi connectivity index (χ3n) is 6.62. The van der Waals surface area contributed by atoms with Crippen molar-refractivity contribution >= 4 is 32.7 Å². The summed E-state index contributed by atoms with van der Waals surface area (Å²) in [5.41, 5.74) is 0.918. The lowest BCUT2D eigenvalue weighted by molar-refractivity contribution is 0.284. The largest absolute Gasteiger partial charge is 0.359 e. The molecule has 2 aromatic carbocycles. The average Bonchev–Trinajstić information content (AvgIpc) is 2.86. The summed E-state index contributed by atoms with van der Waals surface area (Å²) in [6, 6.07) is 13.5. The van der Waals surface area contributed by atoms with Crippen LogP contribution in [0.1, 0.15) is 32.6 Å². The van der Waals surface area contributed by atoms with E-state index in [9.17, 15) is 12.8 Å². The molecule has 1 saturated carbocycles. The van der Waals surface area contributed by atoms with E-state index < -0.39 is 15.8 Å². The molecule has 1 aliphatic carbocycles. The summed E-state index contributed by atoms with van der Waals surface area (Å²) >= 11 is 0. The number of hydrogen-bond donors (Lipinski definition) is 2. The molecule has 0 spiro atoms. The van der Waals surface area contributed by atoms with Gasteiger partial charge in [-0.3, -0.25) is 0 Å². The summed E-state index contributed by atoms with van der Waals surface area (Å²) in [4.78, 5) is 11.3. The van der Waals surface area contributed by atoms with Crippen LogP contribution in [-0.2, 0) is 10.0 Å². The first kappa shape index (κ1) is 24.3. The first-order valence-electron chi connectivity index (χ1n) is 11.8. The number of hydrogen-bond acceptors (Lipinski definition) is 6. The zero-order valence-electron chi connectivity index (χ0n) is 19.7. The third-order valence-corrected chi connectivity index (χ3v) is 8.08. The van der Waals surface area contributed by atoms with E-state index in [1.807, 2.05) is 31.3 Å². The van der Waals surface area contributed by atoms with E-state index >= 15 is 0 Å². The highest BCUT2D eigenvalue weighted by Gasteiger charge is 2.24. The molecular formula is C25H32FN5O2S. The Morgan fingerprint density at radius 1 is 0.971 bits per heavy atom. The van der Waals surface area contributed by atoms with Crippen molar-refractivity contribution in [2.24, 2.45) is 11.8 Å². The van der Waals surface area contributed by atoms with Crippen LogP contribution in [0, 0.1) is 17.7 Å². The predicted octanol–water partition coefficient (Wildman–Crippen LogP) is 4.42. The maximum Gasteiger partial charge on any atom is 0.243 e. The van der Waals surface area contributed by atoms with Gasteiger partial charge in [0.05, 0.1) is 5.52 Å². The molecule has 0 amide bonds. The Kier molecular flexibility index (Phi) is 7.63. The number of aromatic nitrogens is 2. The van der Waals surface area contributed by atoms with Gasteiger partial charge in [0.2, 0.25) is 16.0 Å². The monoisotopic (exact) mass is 485 g/mol. The number of fused-ring (bicyclic) bond motifs is 1. The number of anilines is 2. The van der Waals surface area contributed by atoms with Crippen LogP contribution in [-0.4, -0.2) is 45.1 Å². The molecule has 1 heterocycles. The molecule has 1 aliphatic rings. The lowest BCUT2D eigenvalue weighted by Crippen LogP contribution is -2.32. The van der Waals surface area contributed by atoms with Crippen molar-refractivity contribution < 1.29 is 12.8 Å². The second-order valence-electron chi connectivity index (χ2n) is 8.95. The van der Waals surface area contributed by atoms with Crippen molar-refractivity contribution in [1.29, 1.82) is 0 Å². The van der Waals surface area contributed by atoms with Crippen LogP contribution in [0.2, 0.25) is 0 Å². The topological polar surface area (TPSA) is 87.2 Å². The molecule has 7 nitrogen and oxygen atoms in total. The number of nitrogens with one attached hydrogen (secondary N) is 2. The molecule has 182 valence electrons. The molecule has 1 aromatic heterocycles. The van der Waals surface area contributed by atoms with Crippen LogP contribution in [0.5, 0.6) is 0 Å². The summed E-state index contributed by atoms with van der Waals surface area (Å²) in [7, 11) is -1.81. The van der Waals surface area contributed by atoms with Crippen LogP contribution in [0.15, 0.2) is 53.4 Å². The van der Waals surface area contributed by atoms with Gasteiger partial charge in [0.1, 0.15) is 16.5 Å². The summed E-state index contributed by atoms with van der Waals surface area (Å²) < 4.78 is 41.3. The Hall–Kier alpha value is -2.78. The summed E-state index contributed by atoms with van der Waals surface area (Å²) in [6.07, 6.45) is 3.84. The first-order chi connectivity index (χ1) is 16.4. The van der Waals surface area contributed by atoms with Gasteiger partial charge in [-0.2, -0.15) is 4.98 Å². The quantitative estimate of drug-likeness (QED) is 0.467. The minimum atomic E-state index is -3.84. The molecule has 0 atom stereocenters. The Labute approximate surface area is 200 Å². The fraction of sp³-hybridized carbons (Fsp3) is 0.440. The van der Waals surface area contributed by atoms with Crippen molar-refractivity contribution in [3.8, 4) is 0 Å². The summed E-state index contributed by atoms with van der Waals surface area (Å²) in [6.45, 7) is 4.06. The summed E-state index contributed by atoms with van der Waals surface area (Å²) in [5, 5.41) is 4.46. The molecule has 0 bridgehead atoms. The Balaban J connectivity index is 1.30. The number of benzene rings is 2. The van der Waals surface area contributed by atoms with Gasteiger partial charge < -0.3 is 10.2 Å². The molecule has 0 radical (unpaired) electrons. The van der Waals surface area contributed by atoms with E-state index in [0.29, 0.717) is 18.4 Å². The SMILES string of the molecule is CCN(C)c1nc(NCC2CCC(CNS(=O)(=O)c3ccccc3F)CC2)nc2ccccc12. The van der Waals surface area contributed by atoms with Gasteiger partial charge in [0, 0.05) is 32.1 Å². The van der Waals surface area contributed by atoms with Gasteiger partial charge in [0.25, 0.3) is 0 Å². The average molecular weight is 486 g/mol. The predicted molar refractivity (Wildman–Crippen MR) is 134 cm³/mol. The highest BCUT2D eigenvalue weighted by molar-refractivity contribution is 7.89. The Morgan fingerprint density at radius 3 is 2.32 bits per heavy atom. The van der Waals surface area contributed by atoms with Crippen LogP contribution >= 0.6 is 0 Å². The van der Waals surface area contributed by atoms with Crippen LogP contribution in [0.3, 0.4) is 0 Å². The summed E-state index contributed by atoms with van der Waals surface area (Å²) in [5.74, 6) is 1.55. The standard InChI is InChI=1S/C25H32FN5O2S/c1-3-31(2)24-20-8-4-6-10-22(20)29-25(30-24)27-16-18-12-14-19(15-13-18)17-28-34(32,33)23-11-7-5-9-21(23)26/h4-11,18-19,28H,3,12-17H2,1-2H3,(H,27,29,30). The minimum absolute atomic E-state index is 0.250. The number of halogens is 1. The molecule has 0 unspecified atom stereocenters. The van der Waals surface area contributed by atoms with Gasteiger partial charge in [-0.05, 0) is 68.7 Å². The van der Waals surface area contributed by atoms with Gasteiger partial charge in [-0.25, -0.2) is 22.5 Å². The van der Waals surface area contributed by atoms with Gasteiger partial charge in [-0.1, -0.05) is 24.3 Å². The number of sulfonamides is 1. The first-order valence-corrected chi connectivity index (χ1v) is 13.3. The van der Waals surface area contributed by atoms with Crippen molar-refractivity contribution in [3.63, 3.8) is 0 Å². The molecule has 2 N–H and O–H groups in total. The van der Waals surface area contributed by atoms with Crippen molar-refractivity contribution in [3.05, 3.63) is 54.3 Å². The second kappa shape index (κ2) is 10.7. The zero-order chi connectivity index (χ0) is 24.1. The highest BCUT2D eigenvalue weighted by Crippen LogP contribution is 2.30. The Morgan fingerprint density at radius 2 is 1.62 bits per heavy atom. The minimum Gasteiger partial charge on any atom is -0.359 e. The van der Waals surface area contributed by atoms with Gasteiger partial charge in [0.15, 0.2) is 0 Å². The van der Waals surface area contributed by atoms with Crippen molar-refractivity contribution in [1.82, 2.24) is 14.7 Å². The molecule has 34 heavy (non-hydrogen) atoms. The molecule has 1 fully saturated rings. The van der Waals surface area contributed by atoms with E-state index in [4.69, 9.17) is 4.98 Å². The van der Waals surface area contributed by atoms with Crippen LogP contribution in [0.4, 0.5) is 16.2 Å². The van der Waals surface area contributed by atoms with E-state index in [-0.39, 0.29) is 10.8 Å². The number of para-hydroxylation sites is 1. The van der Waals surface area contributed by atoms with Gasteiger partial charge >= 0.3 is 0 Å². The normalized spacial score (nSPS) is 18.7. The van der Waals surface area contributed by atoms with E-state index in [2.05, 4.69) is 26.8 Å². The molecule has 0 saturated heterocycles. The van der Waals surface area contributed by atoms with E-state index in [1.54, 1.807) is 0 Å². The third kappa shape index (κ3) is 5.64. The van der Waals surface area contributed by atoms with Crippen LogP contribution in [0.25, 0.3) is 10.9 Å². The van der Waals surface area contributed by atoms with E-state index in [1.165, 1.54) is 18.2 Å². The van der Waals surface area contributed by atoms with Crippen molar-refractivity contribution in [2.75, 3.05) is 36.9 Å². The van der Waals surface area contributed by atoms with E-state index in [0.717, 1.165) is 61.6 Å². The zero-order valence-corrected chi connectivity index (χ0v) is 20.5.